The van der Waals surface area contributed by atoms with E-state index in [1.807, 2.05) is 18.2 Å². The molecule has 2 amide bonds. The number of nitrogens with zero attached hydrogens (tertiary/aromatic N) is 3. The van der Waals surface area contributed by atoms with Crippen LogP contribution in [0.4, 0.5) is 5.69 Å². The van der Waals surface area contributed by atoms with Gasteiger partial charge in [0.2, 0.25) is 23.7 Å². The summed E-state index contributed by atoms with van der Waals surface area (Å²) in [6.45, 7) is 4.76. The van der Waals surface area contributed by atoms with Gasteiger partial charge in [-0.15, -0.1) is 0 Å². The van der Waals surface area contributed by atoms with Crippen LogP contribution < -0.4 is 10.2 Å². The van der Waals surface area contributed by atoms with Crippen LogP contribution in [0.2, 0.25) is 0 Å². The number of allylic oxidation sites excluding steroid dienone is 1. The van der Waals surface area contributed by atoms with E-state index in [1.54, 1.807) is 12.2 Å². The molecule has 1 aromatic carbocycles. The Morgan fingerprint density at radius 1 is 1.28 bits per heavy atom. The molecule has 1 saturated heterocycles. The SMILES string of the molecule is CCN(CCCNC(=O)CCN1C(=O)C2C=C3OCOC3=CC2=NC1=S)c1ccccc1. The lowest BCUT2D eigenvalue weighted by Crippen LogP contribution is -2.47. The predicted molar refractivity (Wildman–Crippen MR) is 125 cm³/mol. The van der Waals surface area contributed by atoms with Crippen molar-refractivity contribution in [2.45, 2.75) is 19.8 Å². The first-order chi connectivity index (χ1) is 15.6. The van der Waals surface area contributed by atoms with E-state index in [0.29, 0.717) is 23.8 Å². The van der Waals surface area contributed by atoms with E-state index in [0.717, 1.165) is 19.5 Å². The van der Waals surface area contributed by atoms with Crippen LogP contribution in [0.3, 0.4) is 0 Å². The Kier molecular flexibility index (Phi) is 6.84. The summed E-state index contributed by atoms with van der Waals surface area (Å²) in [7, 11) is 0. The van der Waals surface area contributed by atoms with Crippen molar-refractivity contribution in [2.75, 3.05) is 37.9 Å². The summed E-state index contributed by atoms with van der Waals surface area (Å²) in [5.74, 6) is 0.229. The summed E-state index contributed by atoms with van der Waals surface area (Å²) in [5, 5.41) is 3.10. The van der Waals surface area contributed by atoms with Gasteiger partial charge in [0.15, 0.2) is 11.5 Å². The third-order valence-electron chi connectivity index (χ3n) is 5.57. The van der Waals surface area contributed by atoms with E-state index in [9.17, 15) is 9.59 Å². The minimum Gasteiger partial charge on any atom is -0.454 e. The molecule has 0 bridgehead atoms. The van der Waals surface area contributed by atoms with Gasteiger partial charge in [-0.05, 0) is 43.8 Å². The van der Waals surface area contributed by atoms with E-state index in [1.165, 1.54) is 10.6 Å². The van der Waals surface area contributed by atoms with Gasteiger partial charge in [-0.1, -0.05) is 18.2 Å². The first kappa shape index (κ1) is 22.0. The van der Waals surface area contributed by atoms with Gasteiger partial charge in [-0.2, -0.15) is 0 Å². The van der Waals surface area contributed by atoms with Crippen molar-refractivity contribution in [3.05, 3.63) is 54.0 Å². The standard InChI is InChI=1S/C23H26N4O4S/c1-2-26(16-7-4-3-5-8-16)11-6-10-24-21(28)9-12-27-22(29)17-13-19-20(31-15-30-19)14-18(17)25-23(27)32/h3-5,7-8,13-14,17H,2,6,9-12,15H2,1H3,(H,24,28). The van der Waals surface area contributed by atoms with E-state index in [2.05, 4.69) is 34.3 Å². The Labute approximate surface area is 192 Å². The second-order valence-electron chi connectivity index (χ2n) is 7.60. The Balaban J connectivity index is 1.23. The summed E-state index contributed by atoms with van der Waals surface area (Å²) in [6.07, 6.45) is 4.38. The van der Waals surface area contributed by atoms with Crippen molar-refractivity contribution < 1.29 is 19.1 Å². The predicted octanol–water partition coefficient (Wildman–Crippen LogP) is 2.38. The topological polar surface area (TPSA) is 83.5 Å². The number of benzene rings is 1. The van der Waals surface area contributed by atoms with Gasteiger partial charge >= 0.3 is 0 Å². The van der Waals surface area contributed by atoms with E-state index in [-0.39, 0.29) is 36.7 Å². The van der Waals surface area contributed by atoms with E-state index in [4.69, 9.17) is 21.7 Å². The summed E-state index contributed by atoms with van der Waals surface area (Å²) in [6, 6.07) is 10.2. The van der Waals surface area contributed by atoms with Crippen molar-refractivity contribution in [3.63, 3.8) is 0 Å². The monoisotopic (exact) mass is 454 g/mol. The van der Waals surface area contributed by atoms with Crippen LogP contribution in [0, 0.1) is 5.92 Å². The van der Waals surface area contributed by atoms with Gasteiger partial charge < -0.3 is 19.7 Å². The molecule has 1 aliphatic carbocycles. The van der Waals surface area contributed by atoms with Crippen LogP contribution in [-0.4, -0.2) is 60.5 Å². The Morgan fingerprint density at radius 3 is 2.84 bits per heavy atom. The highest BCUT2D eigenvalue weighted by Crippen LogP contribution is 2.31. The number of carbonyl (C=O) groups excluding carboxylic acids is 2. The number of carbonyl (C=O) groups is 2. The molecule has 1 unspecified atom stereocenters. The van der Waals surface area contributed by atoms with Gasteiger partial charge in [-0.3, -0.25) is 14.5 Å². The summed E-state index contributed by atoms with van der Waals surface area (Å²) < 4.78 is 10.7. The van der Waals surface area contributed by atoms with Crippen molar-refractivity contribution in [1.29, 1.82) is 0 Å². The first-order valence-electron chi connectivity index (χ1n) is 10.8. The molecule has 4 rings (SSSR count). The molecule has 2 heterocycles. The van der Waals surface area contributed by atoms with Crippen LogP contribution >= 0.6 is 12.2 Å². The van der Waals surface area contributed by atoms with Crippen molar-refractivity contribution >= 4 is 40.5 Å². The number of rotatable bonds is 9. The third-order valence-corrected chi connectivity index (χ3v) is 5.88. The molecule has 1 fully saturated rings. The number of ether oxygens (including phenoxy) is 2. The number of nitrogens with one attached hydrogen (secondary N) is 1. The minimum atomic E-state index is -0.566. The molecule has 0 radical (unpaired) electrons. The van der Waals surface area contributed by atoms with Crippen LogP contribution in [0.25, 0.3) is 0 Å². The highest BCUT2D eigenvalue weighted by Gasteiger charge is 2.38. The third kappa shape index (κ3) is 4.83. The molecular weight excluding hydrogens is 428 g/mol. The zero-order valence-corrected chi connectivity index (χ0v) is 18.8. The van der Waals surface area contributed by atoms with Crippen molar-refractivity contribution in [2.24, 2.45) is 10.9 Å². The fourth-order valence-corrected chi connectivity index (χ4v) is 4.14. The minimum absolute atomic E-state index is 0.116. The maximum atomic E-state index is 12.9. The molecule has 1 atom stereocenters. The summed E-state index contributed by atoms with van der Waals surface area (Å²) in [5.41, 5.74) is 1.72. The lowest BCUT2D eigenvalue weighted by Gasteiger charge is -2.30. The average Bonchev–Trinajstić information content (AvgIpc) is 3.26. The quantitative estimate of drug-likeness (QED) is 0.456. The zero-order chi connectivity index (χ0) is 22.5. The van der Waals surface area contributed by atoms with Gasteiger partial charge in [0.25, 0.3) is 0 Å². The summed E-state index contributed by atoms with van der Waals surface area (Å²) in [4.78, 5) is 33.3. The largest absolute Gasteiger partial charge is 0.454 e. The van der Waals surface area contributed by atoms with Gasteiger partial charge in [0.1, 0.15) is 5.92 Å². The number of thiocarbonyl (C=S) groups is 1. The molecule has 0 spiro atoms. The van der Waals surface area contributed by atoms with E-state index < -0.39 is 5.92 Å². The van der Waals surface area contributed by atoms with Gasteiger partial charge in [0, 0.05) is 44.4 Å². The Hall–Kier alpha value is -3.20. The number of hydrogen-bond donors (Lipinski definition) is 1. The second-order valence-corrected chi connectivity index (χ2v) is 7.97. The second kappa shape index (κ2) is 9.95. The number of amides is 2. The molecule has 3 aliphatic rings. The summed E-state index contributed by atoms with van der Waals surface area (Å²) >= 11 is 5.30. The molecular formula is C23H26N4O4S. The first-order valence-corrected chi connectivity index (χ1v) is 11.2. The molecule has 0 saturated carbocycles. The van der Waals surface area contributed by atoms with Gasteiger partial charge in [0.05, 0.1) is 5.71 Å². The lowest BCUT2D eigenvalue weighted by atomic mass is 9.94. The number of aliphatic imine (C=N–C) groups is 1. The lowest BCUT2D eigenvalue weighted by molar-refractivity contribution is -0.129. The molecule has 2 aliphatic heterocycles. The zero-order valence-electron chi connectivity index (χ0n) is 18.0. The average molecular weight is 455 g/mol. The highest BCUT2D eigenvalue weighted by atomic mass is 32.1. The van der Waals surface area contributed by atoms with E-state index >= 15 is 0 Å². The maximum absolute atomic E-state index is 12.9. The Bertz CT molecular complexity index is 989. The molecule has 9 heteroatoms. The highest BCUT2D eigenvalue weighted by molar-refractivity contribution is 7.80. The fourth-order valence-electron chi connectivity index (χ4n) is 3.85. The molecule has 0 aromatic heterocycles. The molecule has 168 valence electrons. The van der Waals surface area contributed by atoms with Crippen LogP contribution in [-0.2, 0) is 19.1 Å². The molecule has 32 heavy (non-hydrogen) atoms. The van der Waals surface area contributed by atoms with Crippen LogP contribution in [0.5, 0.6) is 0 Å². The number of hydrogen-bond acceptors (Lipinski definition) is 6. The molecule has 8 nitrogen and oxygen atoms in total. The maximum Gasteiger partial charge on any atom is 0.241 e. The van der Waals surface area contributed by atoms with Crippen molar-refractivity contribution in [3.8, 4) is 0 Å². The number of fused-ring (bicyclic) bond motifs is 2. The number of para-hydroxylation sites is 1. The Morgan fingerprint density at radius 2 is 2.06 bits per heavy atom. The smallest absolute Gasteiger partial charge is 0.241 e. The van der Waals surface area contributed by atoms with Crippen molar-refractivity contribution in [1.82, 2.24) is 10.2 Å². The molecule has 1 N–H and O–H groups in total. The van der Waals surface area contributed by atoms with Crippen LogP contribution in [0.1, 0.15) is 19.8 Å². The fraction of sp³-hybridized carbons (Fsp3) is 0.391. The number of anilines is 1. The molecule has 1 aromatic rings. The normalized spacial score (nSPS) is 19.1. The van der Waals surface area contributed by atoms with Crippen LogP contribution in [0.15, 0.2) is 59.0 Å². The van der Waals surface area contributed by atoms with Gasteiger partial charge in [-0.25, -0.2) is 4.99 Å².